The van der Waals surface area contributed by atoms with Gasteiger partial charge in [-0.3, -0.25) is 0 Å². The van der Waals surface area contributed by atoms with Gasteiger partial charge in [0.1, 0.15) is 0 Å². The lowest BCUT2D eigenvalue weighted by atomic mass is 10.2. The summed E-state index contributed by atoms with van der Waals surface area (Å²) in [6, 6.07) is 0. The van der Waals surface area contributed by atoms with E-state index in [1.54, 1.807) is 0 Å². The molecule has 3 nitrogen and oxygen atoms in total. The van der Waals surface area contributed by atoms with Gasteiger partial charge in [-0.25, -0.2) is 0 Å². The lowest BCUT2D eigenvalue weighted by molar-refractivity contribution is -0.0648. The zero-order valence-corrected chi connectivity index (χ0v) is 8.45. The molecule has 76 valence electrons. The molecule has 2 atom stereocenters. The summed E-state index contributed by atoms with van der Waals surface area (Å²) in [6.45, 7) is 7.28. The van der Waals surface area contributed by atoms with Gasteiger partial charge in [-0.2, -0.15) is 0 Å². The first-order valence-electron chi connectivity index (χ1n) is 4.88. The van der Waals surface area contributed by atoms with E-state index in [4.69, 9.17) is 9.47 Å². The molecule has 0 saturated carbocycles. The van der Waals surface area contributed by atoms with E-state index in [1.807, 2.05) is 19.1 Å². The van der Waals surface area contributed by atoms with Gasteiger partial charge in [-0.1, -0.05) is 12.2 Å². The number of morpholine rings is 1. The third-order valence-corrected chi connectivity index (χ3v) is 1.98. The molecular weight excluding hydrogens is 166 g/mol. The minimum Gasteiger partial charge on any atom is -0.375 e. The molecule has 1 fully saturated rings. The van der Waals surface area contributed by atoms with Crippen LogP contribution in [0.2, 0.25) is 0 Å². The Labute approximate surface area is 80.1 Å². The zero-order valence-electron chi connectivity index (χ0n) is 8.45. The zero-order chi connectivity index (χ0) is 9.52. The molecule has 0 bridgehead atoms. The van der Waals surface area contributed by atoms with Crippen LogP contribution in [0.15, 0.2) is 12.2 Å². The highest BCUT2D eigenvalue weighted by molar-refractivity contribution is 4.77. The molecule has 1 saturated heterocycles. The van der Waals surface area contributed by atoms with Crippen LogP contribution in [0.3, 0.4) is 0 Å². The molecule has 3 heteroatoms. The molecule has 0 radical (unpaired) electrons. The van der Waals surface area contributed by atoms with Gasteiger partial charge in [0.25, 0.3) is 0 Å². The summed E-state index contributed by atoms with van der Waals surface area (Å²) in [7, 11) is 0. The number of nitrogens with one attached hydrogen (secondary N) is 1. The fraction of sp³-hybridized carbons (Fsp3) is 0.800. The highest BCUT2D eigenvalue weighted by Gasteiger charge is 2.18. The largest absolute Gasteiger partial charge is 0.375 e. The number of hydrogen-bond donors (Lipinski definition) is 1. The molecule has 0 amide bonds. The SMILES string of the molecule is C/C=C/COCC1CNCC(C)O1. The van der Waals surface area contributed by atoms with E-state index in [0.717, 1.165) is 13.1 Å². The minimum atomic E-state index is 0.217. The Balaban J connectivity index is 2.06. The van der Waals surface area contributed by atoms with Crippen LogP contribution in [0.1, 0.15) is 13.8 Å². The van der Waals surface area contributed by atoms with Crippen LogP contribution in [-0.2, 0) is 9.47 Å². The normalized spacial score (nSPS) is 29.7. The molecule has 1 aliphatic rings. The molecule has 1 rings (SSSR count). The van der Waals surface area contributed by atoms with E-state index in [1.165, 1.54) is 0 Å². The van der Waals surface area contributed by atoms with Crippen LogP contribution in [0.25, 0.3) is 0 Å². The van der Waals surface area contributed by atoms with Crippen LogP contribution >= 0.6 is 0 Å². The van der Waals surface area contributed by atoms with Gasteiger partial charge in [0, 0.05) is 13.1 Å². The lowest BCUT2D eigenvalue weighted by Gasteiger charge is -2.28. The second-order valence-electron chi connectivity index (χ2n) is 3.33. The smallest absolute Gasteiger partial charge is 0.0936 e. The predicted molar refractivity (Wildman–Crippen MR) is 52.8 cm³/mol. The van der Waals surface area contributed by atoms with Gasteiger partial charge >= 0.3 is 0 Å². The number of hydrogen-bond acceptors (Lipinski definition) is 3. The Hall–Kier alpha value is -0.380. The van der Waals surface area contributed by atoms with E-state index in [9.17, 15) is 0 Å². The maximum atomic E-state index is 5.65. The Bertz CT molecular complexity index is 159. The van der Waals surface area contributed by atoms with Crippen molar-refractivity contribution >= 4 is 0 Å². The average molecular weight is 185 g/mol. The second-order valence-corrected chi connectivity index (χ2v) is 3.33. The molecule has 0 aromatic heterocycles. The molecular formula is C10H19NO2. The summed E-state index contributed by atoms with van der Waals surface area (Å²) in [5, 5.41) is 3.30. The first-order chi connectivity index (χ1) is 6.33. The van der Waals surface area contributed by atoms with Gasteiger partial charge in [0.2, 0.25) is 0 Å². The van der Waals surface area contributed by atoms with Crippen molar-refractivity contribution in [3.63, 3.8) is 0 Å². The maximum absolute atomic E-state index is 5.65. The van der Waals surface area contributed by atoms with Gasteiger partial charge in [-0.05, 0) is 13.8 Å². The molecule has 1 aliphatic heterocycles. The van der Waals surface area contributed by atoms with E-state index in [-0.39, 0.29) is 6.10 Å². The van der Waals surface area contributed by atoms with Crippen molar-refractivity contribution in [1.29, 1.82) is 0 Å². The van der Waals surface area contributed by atoms with Gasteiger partial charge in [0.15, 0.2) is 0 Å². The summed E-state index contributed by atoms with van der Waals surface area (Å²) < 4.78 is 11.1. The van der Waals surface area contributed by atoms with Crippen molar-refractivity contribution in [2.24, 2.45) is 0 Å². The Kier molecular flexibility index (Phi) is 5.05. The third kappa shape index (κ3) is 4.41. The summed E-state index contributed by atoms with van der Waals surface area (Å²) in [5.41, 5.74) is 0. The van der Waals surface area contributed by atoms with Crippen molar-refractivity contribution in [2.45, 2.75) is 26.1 Å². The van der Waals surface area contributed by atoms with E-state index >= 15 is 0 Å². The van der Waals surface area contributed by atoms with Gasteiger partial charge in [0.05, 0.1) is 25.4 Å². The second kappa shape index (κ2) is 6.13. The van der Waals surface area contributed by atoms with Crippen molar-refractivity contribution in [2.75, 3.05) is 26.3 Å². The summed E-state index contributed by atoms with van der Waals surface area (Å²) in [6.07, 6.45) is 4.51. The molecule has 13 heavy (non-hydrogen) atoms. The highest BCUT2D eigenvalue weighted by atomic mass is 16.5. The molecule has 1 heterocycles. The van der Waals surface area contributed by atoms with Crippen LogP contribution in [0.5, 0.6) is 0 Å². The Morgan fingerprint density at radius 3 is 3.08 bits per heavy atom. The fourth-order valence-electron chi connectivity index (χ4n) is 1.33. The summed E-state index contributed by atoms with van der Waals surface area (Å²) in [5.74, 6) is 0. The molecule has 2 unspecified atom stereocenters. The molecule has 0 aromatic rings. The molecule has 0 aromatic carbocycles. The van der Waals surface area contributed by atoms with Crippen LogP contribution in [0.4, 0.5) is 0 Å². The average Bonchev–Trinajstić information content (AvgIpc) is 2.13. The van der Waals surface area contributed by atoms with E-state index < -0.39 is 0 Å². The maximum Gasteiger partial charge on any atom is 0.0936 e. The first kappa shape index (κ1) is 10.7. The number of allylic oxidation sites excluding steroid dienone is 1. The van der Waals surface area contributed by atoms with Crippen molar-refractivity contribution in [1.82, 2.24) is 5.32 Å². The summed E-state index contributed by atoms with van der Waals surface area (Å²) in [4.78, 5) is 0. The lowest BCUT2D eigenvalue weighted by Crippen LogP contribution is -2.45. The summed E-state index contributed by atoms with van der Waals surface area (Å²) >= 11 is 0. The van der Waals surface area contributed by atoms with E-state index in [2.05, 4.69) is 12.2 Å². The van der Waals surface area contributed by atoms with E-state index in [0.29, 0.717) is 19.3 Å². The monoisotopic (exact) mass is 185 g/mol. The van der Waals surface area contributed by atoms with Gasteiger partial charge < -0.3 is 14.8 Å². The quantitative estimate of drug-likeness (QED) is 0.522. The molecule has 0 spiro atoms. The Morgan fingerprint density at radius 2 is 2.38 bits per heavy atom. The number of rotatable bonds is 4. The van der Waals surface area contributed by atoms with Crippen molar-refractivity contribution < 1.29 is 9.47 Å². The van der Waals surface area contributed by atoms with Crippen LogP contribution in [-0.4, -0.2) is 38.5 Å². The van der Waals surface area contributed by atoms with Crippen molar-refractivity contribution in [3.8, 4) is 0 Å². The molecule has 1 N–H and O–H groups in total. The predicted octanol–water partition coefficient (Wildman–Crippen LogP) is 0.956. The van der Waals surface area contributed by atoms with Gasteiger partial charge in [-0.15, -0.1) is 0 Å². The van der Waals surface area contributed by atoms with Crippen LogP contribution in [0, 0.1) is 0 Å². The molecule has 0 aliphatic carbocycles. The first-order valence-corrected chi connectivity index (χ1v) is 4.88. The third-order valence-electron chi connectivity index (χ3n) is 1.98. The standard InChI is InChI=1S/C10H19NO2/c1-3-4-5-12-8-10-7-11-6-9(2)13-10/h3-4,9-11H,5-8H2,1-2H3/b4-3+. The highest BCUT2D eigenvalue weighted by Crippen LogP contribution is 2.03. The number of ether oxygens (including phenoxy) is 2. The Morgan fingerprint density at radius 1 is 1.54 bits per heavy atom. The van der Waals surface area contributed by atoms with Crippen molar-refractivity contribution in [3.05, 3.63) is 12.2 Å². The van der Waals surface area contributed by atoms with Crippen LogP contribution < -0.4 is 5.32 Å². The topological polar surface area (TPSA) is 30.5 Å². The fourth-order valence-corrected chi connectivity index (χ4v) is 1.33. The minimum absolute atomic E-state index is 0.217.